The highest BCUT2D eigenvalue weighted by Gasteiger charge is 2.03. The molecule has 0 aliphatic carbocycles. The number of rotatable bonds is 10. The van der Waals surface area contributed by atoms with Crippen molar-refractivity contribution in [2.45, 2.75) is 26.3 Å². The van der Waals surface area contributed by atoms with Crippen LogP contribution < -0.4 is 5.32 Å². The van der Waals surface area contributed by atoms with Crippen molar-refractivity contribution in [2.75, 3.05) is 33.5 Å². The predicted molar refractivity (Wildman–Crippen MR) is 64.9 cm³/mol. The minimum absolute atomic E-state index is 0.648. The number of aryl methyl sites for hydroxylation is 1. The lowest BCUT2D eigenvalue weighted by Crippen LogP contribution is -2.18. The van der Waals surface area contributed by atoms with Gasteiger partial charge in [-0.1, -0.05) is 0 Å². The summed E-state index contributed by atoms with van der Waals surface area (Å²) >= 11 is 0. The number of hydrogen-bond acceptors (Lipinski definition) is 5. The van der Waals surface area contributed by atoms with E-state index < -0.39 is 0 Å². The highest BCUT2D eigenvalue weighted by Crippen LogP contribution is 2.06. The molecule has 1 aromatic rings. The summed E-state index contributed by atoms with van der Waals surface area (Å²) in [4.78, 5) is 4.20. The van der Waals surface area contributed by atoms with Crippen LogP contribution >= 0.6 is 0 Å². The Morgan fingerprint density at radius 2 is 2.29 bits per heavy atom. The van der Waals surface area contributed by atoms with Crippen molar-refractivity contribution in [2.24, 2.45) is 0 Å². The molecule has 0 saturated carbocycles. The number of methoxy groups -OCH3 is 1. The number of oxazole rings is 1. The molecule has 5 heteroatoms. The molecule has 1 N–H and O–H groups in total. The van der Waals surface area contributed by atoms with Gasteiger partial charge < -0.3 is 19.2 Å². The van der Waals surface area contributed by atoms with E-state index in [-0.39, 0.29) is 0 Å². The van der Waals surface area contributed by atoms with Crippen molar-refractivity contribution in [3.05, 3.63) is 17.8 Å². The molecule has 0 aromatic carbocycles. The van der Waals surface area contributed by atoms with Gasteiger partial charge in [-0.25, -0.2) is 4.98 Å². The summed E-state index contributed by atoms with van der Waals surface area (Å²) in [6, 6.07) is 0. The van der Waals surface area contributed by atoms with Gasteiger partial charge in [-0.15, -0.1) is 0 Å². The molecule has 0 radical (unpaired) electrons. The van der Waals surface area contributed by atoms with Gasteiger partial charge in [0.1, 0.15) is 5.76 Å². The summed E-state index contributed by atoms with van der Waals surface area (Å²) in [5, 5.41) is 3.19. The number of nitrogens with zero attached hydrogens (tertiary/aromatic N) is 1. The maximum absolute atomic E-state index is 5.57. The predicted octanol–water partition coefficient (Wildman–Crippen LogP) is 1.38. The van der Waals surface area contributed by atoms with Crippen LogP contribution in [0.1, 0.15) is 25.0 Å². The maximum Gasteiger partial charge on any atom is 0.208 e. The Morgan fingerprint density at radius 1 is 1.41 bits per heavy atom. The molecule has 0 saturated heterocycles. The molecule has 17 heavy (non-hydrogen) atoms. The monoisotopic (exact) mass is 242 g/mol. The SMILES string of the molecule is CCOCCCc1cnc(CNCCOC)o1. The van der Waals surface area contributed by atoms with Crippen LogP contribution in [0.15, 0.2) is 10.6 Å². The van der Waals surface area contributed by atoms with Gasteiger partial charge in [-0.3, -0.25) is 0 Å². The van der Waals surface area contributed by atoms with E-state index in [9.17, 15) is 0 Å². The fourth-order valence-electron chi connectivity index (χ4n) is 1.41. The van der Waals surface area contributed by atoms with Gasteiger partial charge in [-0.05, 0) is 13.3 Å². The van der Waals surface area contributed by atoms with Crippen molar-refractivity contribution < 1.29 is 13.9 Å². The Morgan fingerprint density at radius 3 is 3.06 bits per heavy atom. The lowest BCUT2D eigenvalue weighted by molar-refractivity contribution is 0.144. The molecule has 0 bridgehead atoms. The van der Waals surface area contributed by atoms with Crippen molar-refractivity contribution in [3.63, 3.8) is 0 Å². The largest absolute Gasteiger partial charge is 0.444 e. The number of aromatic nitrogens is 1. The van der Waals surface area contributed by atoms with Crippen LogP contribution in [-0.4, -0.2) is 38.5 Å². The molecular weight excluding hydrogens is 220 g/mol. The van der Waals surface area contributed by atoms with Crippen molar-refractivity contribution in [1.29, 1.82) is 0 Å². The van der Waals surface area contributed by atoms with E-state index in [1.54, 1.807) is 13.3 Å². The average Bonchev–Trinajstić information content (AvgIpc) is 2.78. The molecule has 0 spiro atoms. The second-order valence-corrected chi connectivity index (χ2v) is 3.69. The molecule has 0 aliphatic heterocycles. The van der Waals surface area contributed by atoms with Gasteiger partial charge in [0.2, 0.25) is 5.89 Å². The fraction of sp³-hybridized carbons (Fsp3) is 0.750. The molecule has 5 nitrogen and oxygen atoms in total. The zero-order chi connectivity index (χ0) is 12.3. The lowest BCUT2D eigenvalue weighted by atomic mass is 10.3. The summed E-state index contributed by atoms with van der Waals surface area (Å²) in [7, 11) is 1.68. The molecule has 0 amide bonds. The first kappa shape index (κ1) is 14.2. The van der Waals surface area contributed by atoms with Gasteiger partial charge in [0, 0.05) is 33.3 Å². The smallest absolute Gasteiger partial charge is 0.208 e. The highest BCUT2D eigenvalue weighted by atomic mass is 16.5. The fourth-order valence-corrected chi connectivity index (χ4v) is 1.41. The van der Waals surface area contributed by atoms with E-state index in [4.69, 9.17) is 13.9 Å². The van der Waals surface area contributed by atoms with Crippen LogP contribution in [0.4, 0.5) is 0 Å². The second kappa shape index (κ2) is 9.15. The standard InChI is InChI=1S/C12H22N2O3/c1-3-16-7-4-5-11-9-14-12(17-11)10-13-6-8-15-2/h9,13H,3-8,10H2,1-2H3. The number of nitrogens with one attached hydrogen (secondary N) is 1. The third-order valence-corrected chi connectivity index (χ3v) is 2.28. The first-order chi connectivity index (χ1) is 8.36. The normalized spacial score (nSPS) is 10.9. The summed E-state index contributed by atoms with van der Waals surface area (Å²) in [6.45, 7) is 5.69. The summed E-state index contributed by atoms with van der Waals surface area (Å²) in [5.41, 5.74) is 0. The van der Waals surface area contributed by atoms with E-state index in [0.29, 0.717) is 13.2 Å². The van der Waals surface area contributed by atoms with Crippen molar-refractivity contribution >= 4 is 0 Å². The first-order valence-electron chi connectivity index (χ1n) is 6.07. The zero-order valence-electron chi connectivity index (χ0n) is 10.7. The van der Waals surface area contributed by atoms with Gasteiger partial charge >= 0.3 is 0 Å². The van der Waals surface area contributed by atoms with Crippen LogP contribution in [0, 0.1) is 0 Å². The van der Waals surface area contributed by atoms with Gasteiger partial charge in [-0.2, -0.15) is 0 Å². The van der Waals surface area contributed by atoms with Crippen LogP contribution in [0.2, 0.25) is 0 Å². The maximum atomic E-state index is 5.57. The van der Waals surface area contributed by atoms with Crippen LogP contribution in [0.3, 0.4) is 0 Å². The first-order valence-corrected chi connectivity index (χ1v) is 6.07. The van der Waals surface area contributed by atoms with E-state index in [2.05, 4.69) is 10.3 Å². The minimum atomic E-state index is 0.648. The number of ether oxygens (including phenoxy) is 2. The quantitative estimate of drug-likeness (QED) is 0.628. The molecule has 0 atom stereocenters. The van der Waals surface area contributed by atoms with E-state index in [1.165, 1.54) is 0 Å². The van der Waals surface area contributed by atoms with Crippen LogP contribution in [0.25, 0.3) is 0 Å². The molecule has 1 aromatic heterocycles. The van der Waals surface area contributed by atoms with E-state index in [0.717, 1.165) is 44.3 Å². The van der Waals surface area contributed by atoms with E-state index in [1.807, 2.05) is 6.92 Å². The average molecular weight is 242 g/mol. The Bertz CT molecular complexity index is 263. The molecule has 1 rings (SSSR count). The Balaban J connectivity index is 2.14. The molecule has 0 fully saturated rings. The Labute approximate surface area is 103 Å². The highest BCUT2D eigenvalue weighted by molar-refractivity contribution is 4.94. The Hall–Kier alpha value is -0.910. The molecule has 98 valence electrons. The van der Waals surface area contributed by atoms with Crippen LogP contribution in [0.5, 0.6) is 0 Å². The lowest BCUT2D eigenvalue weighted by Gasteiger charge is -2.00. The molecule has 0 aliphatic rings. The summed E-state index contributed by atoms with van der Waals surface area (Å²) in [6.07, 6.45) is 3.64. The third-order valence-electron chi connectivity index (χ3n) is 2.28. The van der Waals surface area contributed by atoms with Crippen molar-refractivity contribution in [1.82, 2.24) is 10.3 Å². The van der Waals surface area contributed by atoms with E-state index >= 15 is 0 Å². The molecule has 0 unspecified atom stereocenters. The molecular formula is C12H22N2O3. The minimum Gasteiger partial charge on any atom is -0.444 e. The van der Waals surface area contributed by atoms with Crippen molar-refractivity contribution in [3.8, 4) is 0 Å². The zero-order valence-corrected chi connectivity index (χ0v) is 10.7. The summed E-state index contributed by atoms with van der Waals surface area (Å²) < 4.78 is 15.8. The van der Waals surface area contributed by atoms with Gasteiger partial charge in [0.05, 0.1) is 19.3 Å². The van der Waals surface area contributed by atoms with Crippen LogP contribution in [-0.2, 0) is 22.4 Å². The molecule has 1 heterocycles. The van der Waals surface area contributed by atoms with Gasteiger partial charge in [0.25, 0.3) is 0 Å². The second-order valence-electron chi connectivity index (χ2n) is 3.69. The Kier molecular flexibility index (Phi) is 7.62. The summed E-state index contributed by atoms with van der Waals surface area (Å²) in [5.74, 6) is 1.65. The van der Waals surface area contributed by atoms with Gasteiger partial charge in [0.15, 0.2) is 0 Å². The topological polar surface area (TPSA) is 56.5 Å². The third kappa shape index (κ3) is 6.41. The number of hydrogen-bond donors (Lipinski definition) is 1.